The van der Waals surface area contributed by atoms with E-state index >= 15 is 0 Å². The Kier molecular flexibility index (Phi) is 9.48. The van der Waals surface area contributed by atoms with E-state index in [2.05, 4.69) is 61.5 Å². The van der Waals surface area contributed by atoms with E-state index in [0.717, 1.165) is 41.9 Å². The lowest BCUT2D eigenvalue weighted by molar-refractivity contribution is -0.132. The monoisotopic (exact) mass is 458 g/mol. The van der Waals surface area contributed by atoms with Gasteiger partial charge in [-0.2, -0.15) is 0 Å². The van der Waals surface area contributed by atoms with Gasteiger partial charge in [-0.3, -0.25) is 4.79 Å². The molecule has 0 spiro atoms. The van der Waals surface area contributed by atoms with E-state index in [1.165, 1.54) is 63.9 Å². The second kappa shape index (κ2) is 11.3. The van der Waals surface area contributed by atoms with E-state index in [1.54, 1.807) is 0 Å². The van der Waals surface area contributed by atoms with Crippen LogP contribution in [0.5, 0.6) is 11.5 Å². The fraction of sp³-hybridized carbons (Fsp3) is 0.767. The molecule has 0 saturated heterocycles. The van der Waals surface area contributed by atoms with Crippen molar-refractivity contribution in [1.29, 1.82) is 0 Å². The summed E-state index contributed by atoms with van der Waals surface area (Å²) >= 11 is 0. The maximum absolute atomic E-state index is 12.2. The van der Waals surface area contributed by atoms with Crippen LogP contribution in [0.25, 0.3) is 0 Å². The van der Waals surface area contributed by atoms with Gasteiger partial charge >= 0.3 is 5.97 Å². The molecular weight excluding hydrogens is 408 g/mol. The van der Waals surface area contributed by atoms with Crippen molar-refractivity contribution in [1.82, 2.24) is 0 Å². The lowest BCUT2D eigenvalue weighted by atomic mass is 9.75. The molecule has 0 amide bonds. The van der Waals surface area contributed by atoms with E-state index < -0.39 is 0 Å². The van der Waals surface area contributed by atoms with Gasteiger partial charge in [0.1, 0.15) is 17.1 Å². The summed E-state index contributed by atoms with van der Waals surface area (Å²) in [6, 6.07) is 2.18. The van der Waals surface area contributed by atoms with Crippen molar-refractivity contribution in [3.8, 4) is 11.5 Å². The largest absolute Gasteiger partial charge is 0.487 e. The standard InChI is InChI=1S/C30H50O3/c1-10-12-14-16-18-30(19-17-15-13-11-2)21-23-25(33-30)20-24(28(4,5)6)27(32-22(3)31)26(23)29(7,8)9/h20H,10-19,21H2,1-9H3. The highest BCUT2D eigenvalue weighted by atomic mass is 16.5. The molecule has 188 valence electrons. The van der Waals surface area contributed by atoms with Gasteiger partial charge in [0, 0.05) is 30.0 Å². The predicted octanol–water partition coefficient (Wildman–Crippen LogP) is 8.82. The van der Waals surface area contributed by atoms with Crippen LogP contribution < -0.4 is 9.47 Å². The average molecular weight is 459 g/mol. The van der Waals surface area contributed by atoms with Crippen molar-refractivity contribution in [3.05, 3.63) is 22.8 Å². The van der Waals surface area contributed by atoms with Crippen LogP contribution >= 0.6 is 0 Å². The minimum atomic E-state index is -0.254. The number of esters is 1. The van der Waals surface area contributed by atoms with Crippen LogP contribution in [0, 0.1) is 0 Å². The number of benzene rings is 1. The predicted molar refractivity (Wildman–Crippen MR) is 140 cm³/mol. The Morgan fingerprint density at radius 1 is 0.909 bits per heavy atom. The molecule has 1 aromatic carbocycles. The molecular formula is C30H50O3. The molecule has 0 N–H and O–H groups in total. The summed E-state index contributed by atoms with van der Waals surface area (Å²) in [5, 5.41) is 0. The van der Waals surface area contributed by atoms with Crippen molar-refractivity contribution in [2.75, 3.05) is 0 Å². The molecule has 0 atom stereocenters. The topological polar surface area (TPSA) is 35.5 Å². The Balaban J connectivity index is 2.56. The fourth-order valence-electron chi connectivity index (χ4n) is 5.29. The molecule has 1 heterocycles. The average Bonchev–Trinajstić information content (AvgIpc) is 3.04. The summed E-state index contributed by atoms with van der Waals surface area (Å²) in [4.78, 5) is 12.2. The molecule has 0 bridgehead atoms. The first kappa shape index (κ1) is 27.7. The van der Waals surface area contributed by atoms with Crippen LogP contribution in [0.2, 0.25) is 0 Å². The van der Waals surface area contributed by atoms with Gasteiger partial charge in [0.25, 0.3) is 0 Å². The van der Waals surface area contributed by atoms with Gasteiger partial charge in [0.05, 0.1) is 0 Å². The molecule has 0 radical (unpaired) electrons. The number of carbonyl (C=O) groups is 1. The van der Waals surface area contributed by atoms with Gasteiger partial charge in [-0.25, -0.2) is 0 Å². The SMILES string of the molecule is CCCCCCC1(CCCCCC)Cc2c(cc(C(C)(C)C)c(OC(C)=O)c2C(C)(C)C)O1. The van der Waals surface area contributed by atoms with E-state index in [4.69, 9.17) is 9.47 Å². The first-order valence-corrected chi connectivity index (χ1v) is 13.4. The third-order valence-electron chi connectivity index (χ3n) is 6.95. The van der Waals surface area contributed by atoms with Crippen molar-refractivity contribution in [2.45, 2.75) is 149 Å². The third-order valence-corrected chi connectivity index (χ3v) is 6.95. The fourth-order valence-corrected chi connectivity index (χ4v) is 5.29. The lowest BCUT2D eigenvalue weighted by Crippen LogP contribution is -2.34. The van der Waals surface area contributed by atoms with Crippen molar-refractivity contribution in [3.63, 3.8) is 0 Å². The number of unbranched alkanes of at least 4 members (excludes halogenated alkanes) is 6. The zero-order chi connectivity index (χ0) is 24.9. The van der Waals surface area contributed by atoms with E-state index in [9.17, 15) is 4.79 Å². The molecule has 3 nitrogen and oxygen atoms in total. The minimum absolute atomic E-state index is 0.131. The van der Waals surface area contributed by atoms with Gasteiger partial charge in [0.15, 0.2) is 0 Å². The van der Waals surface area contributed by atoms with Gasteiger partial charge in [-0.15, -0.1) is 0 Å². The molecule has 0 unspecified atom stereocenters. The number of rotatable bonds is 11. The molecule has 1 aliphatic rings. The molecule has 2 rings (SSSR count). The van der Waals surface area contributed by atoms with Gasteiger partial charge in [0.2, 0.25) is 0 Å². The second-order valence-electron chi connectivity index (χ2n) is 12.3. The van der Waals surface area contributed by atoms with Crippen LogP contribution in [-0.4, -0.2) is 11.6 Å². The van der Waals surface area contributed by atoms with Crippen LogP contribution in [0.3, 0.4) is 0 Å². The van der Waals surface area contributed by atoms with Crippen LogP contribution in [0.4, 0.5) is 0 Å². The zero-order valence-corrected chi connectivity index (χ0v) is 23.1. The smallest absolute Gasteiger partial charge is 0.308 e. The summed E-state index contributed by atoms with van der Waals surface area (Å²) in [7, 11) is 0. The van der Waals surface area contributed by atoms with Gasteiger partial charge < -0.3 is 9.47 Å². The summed E-state index contributed by atoms with van der Waals surface area (Å²) in [6.45, 7) is 19.3. The van der Waals surface area contributed by atoms with E-state index in [0.29, 0.717) is 0 Å². The Morgan fingerprint density at radius 3 is 1.88 bits per heavy atom. The maximum atomic E-state index is 12.2. The Morgan fingerprint density at radius 2 is 1.45 bits per heavy atom. The van der Waals surface area contributed by atoms with Crippen LogP contribution in [0.15, 0.2) is 6.07 Å². The molecule has 0 aliphatic carbocycles. The number of carbonyl (C=O) groups excluding carboxylic acids is 1. The van der Waals surface area contributed by atoms with Crippen LogP contribution in [-0.2, 0) is 22.0 Å². The molecule has 1 aliphatic heterocycles. The quantitative estimate of drug-likeness (QED) is 0.189. The summed E-state index contributed by atoms with van der Waals surface area (Å²) < 4.78 is 12.9. The van der Waals surface area contributed by atoms with Crippen molar-refractivity contribution in [2.24, 2.45) is 0 Å². The number of fused-ring (bicyclic) bond motifs is 1. The molecule has 3 heteroatoms. The van der Waals surface area contributed by atoms with Crippen molar-refractivity contribution < 1.29 is 14.3 Å². The molecule has 0 aromatic heterocycles. The zero-order valence-electron chi connectivity index (χ0n) is 23.1. The highest BCUT2D eigenvalue weighted by Gasteiger charge is 2.43. The Labute approximate surface area is 204 Å². The Hall–Kier alpha value is -1.51. The summed E-state index contributed by atoms with van der Waals surface area (Å²) in [5.41, 5.74) is 3.04. The molecule has 1 aromatic rings. The van der Waals surface area contributed by atoms with Gasteiger partial charge in [-0.1, -0.05) is 93.9 Å². The number of ether oxygens (including phenoxy) is 2. The highest BCUT2D eigenvalue weighted by molar-refractivity contribution is 5.72. The number of hydrogen-bond acceptors (Lipinski definition) is 3. The minimum Gasteiger partial charge on any atom is -0.487 e. The van der Waals surface area contributed by atoms with E-state index in [1.807, 2.05) is 0 Å². The maximum Gasteiger partial charge on any atom is 0.308 e. The summed E-state index contributed by atoms with van der Waals surface area (Å²) in [5.74, 6) is 1.53. The van der Waals surface area contributed by atoms with Crippen LogP contribution in [0.1, 0.15) is 143 Å². The number of hydrogen-bond donors (Lipinski definition) is 0. The second-order valence-corrected chi connectivity index (χ2v) is 12.3. The first-order valence-electron chi connectivity index (χ1n) is 13.4. The highest BCUT2D eigenvalue weighted by Crippen LogP contribution is 2.52. The Bertz CT molecular complexity index is 780. The molecule has 0 saturated carbocycles. The first-order chi connectivity index (χ1) is 15.3. The van der Waals surface area contributed by atoms with E-state index in [-0.39, 0.29) is 22.4 Å². The molecule has 33 heavy (non-hydrogen) atoms. The normalized spacial score (nSPS) is 15.3. The molecule has 0 fully saturated rings. The van der Waals surface area contributed by atoms with Gasteiger partial charge in [-0.05, 0) is 42.6 Å². The summed E-state index contributed by atoms with van der Waals surface area (Å²) in [6.07, 6.45) is 13.2. The van der Waals surface area contributed by atoms with Crippen molar-refractivity contribution >= 4 is 5.97 Å². The third kappa shape index (κ3) is 7.23. The lowest BCUT2D eigenvalue weighted by Gasteiger charge is -2.30.